The number of methoxy groups -OCH3 is 1. The van der Waals surface area contributed by atoms with Crippen molar-refractivity contribution in [2.75, 3.05) is 7.11 Å². The Bertz CT molecular complexity index is 272. The number of esters is 1. The van der Waals surface area contributed by atoms with Crippen LogP contribution in [0.4, 0.5) is 0 Å². The van der Waals surface area contributed by atoms with E-state index in [1.807, 2.05) is 0 Å². The van der Waals surface area contributed by atoms with Crippen molar-refractivity contribution in [1.29, 1.82) is 0 Å². The largest absolute Gasteiger partial charge is 0.469 e. The zero-order chi connectivity index (χ0) is 10.3. The zero-order valence-electron chi connectivity index (χ0n) is 8.66. The van der Waals surface area contributed by atoms with Crippen molar-refractivity contribution in [3.8, 4) is 0 Å². The molecule has 2 bridgehead atoms. The lowest BCUT2D eigenvalue weighted by atomic mass is 9.77. The monoisotopic (exact) mass is 196 g/mol. The maximum atomic E-state index is 11.5. The maximum Gasteiger partial charge on any atom is 0.309 e. The Morgan fingerprint density at radius 1 is 1.14 bits per heavy atom. The molecule has 0 aromatic heterocycles. The molecule has 0 N–H and O–H groups in total. The van der Waals surface area contributed by atoms with Gasteiger partial charge < -0.3 is 4.74 Å². The molecule has 4 atom stereocenters. The molecular formula is C11H16O3. The van der Waals surface area contributed by atoms with Gasteiger partial charge >= 0.3 is 5.97 Å². The molecule has 0 spiro atoms. The number of ketones is 1. The van der Waals surface area contributed by atoms with Crippen LogP contribution < -0.4 is 0 Å². The summed E-state index contributed by atoms with van der Waals surface area (Å²) in [5.74, 6) is 0.630. The summed E-state index contributed by atoms with van der Waals surface area (Å²) in [5.41, 5.74) is 0. The van der Waals surface area contributed by atoms with Gasteiger partial charge in [0.15, 0.2) is 0 Å². The Kier molecular flexibility index (Phi) is 2.33. The number of ether oxygens (including phenoxy) is 1. The summed E-state index contributed by atoms with van der Waals surface area (Å²) in [4.78, 5) is 23.0. The second-order valence-electron chi connectivity index (χ2n) is 4.52. The predicted octanol–water partition coefficient (Wildman–Crippen LogP) is 1.41. The summed E-state index contributed by atoms with van der Waals surface area (Å²) in [5, 5.41) is 0. The lowest BCUT2D eigenvalue weighted by Gasteiger charge is -2.26. The van der Waals surface area contributed by atoms with Crippen LogP contribution in [0.15, 0.2) is 0 Å². The normalized spacial score (nSPS) is 39.9. The SMILES string of the molecule is COC(=O)[C@@H]1[C@@H]2CC[C@@H](C2)[C@@H]1C(C)=O. The highest BCUT2D eigenvalue weighted by Crippen LogP contribution is 2.52. The van der Waals surface area contributed by atoms with E-state index in [4.69, 9.17) is 4.74 Å². The number of rotatable bonds is 2. The third kappa shape index (κ3) is 1.26. The molecule has 3 heteroatoms. The van der Waals surface area contributed by atoms with Crippen molar-refractivity contribution in [2.24, 2.45) is 23.7 Å². The average molecular weight is 196 g/mol. The first kappa shape index (κ1) is 9.69. The van der Waals surface area contributed by atoms with Crippen molar-refractivity contribution in [1.82, 2.24) is 0 Å². The van der Waals surface area contributed by atoms with E-state index in [0.717, 1.165) is 19.3 Å². The molecule has 2 fully saturated rings. The van der Waals surface area contributed by atoms with Gasteiger partial charge in [0.25, 0.3) is 0 Å². The van der Waals surface area contributed by atoms with Crippen LogP contribution in [0, 0.1) is 23.7 Å². The molecule has 0 heterocycles. The average Bonchev–Trinajstić information content (AvgIpc) is 2.74. The molecule has 2 rings (SSSR count). The molecule has 2 saturated carbocycles. The van der Waals surface area contributed by atoms with Crippen LogP contribution >= 0.6 is 0 Å². The second-order valence-corrected chi connectivity index (χ2v) is 4.52. The fourth-order valence-corrected chi connectivity index (χ4v) is 3.35. The van der Waals surface area contributed by atoms with Gasteiger partial charge in [-0.2, -0.15) is 0 Å². The first-order chi connectivity index (χ1) is 6.65. The van der Waals surface area contributed by atoms with Gasteiger partial charge in [-0.3, -0.25) is 9.59 Å². The highest BCUT2D eigenvalue weighted by Gasteiger charge is 2.53. The smallest absolute Gasteiger partial charge is 0.309 e. The van der Waals surface area contributed by atoms with E-state index in [0.29, 0.717) is 11.8 Å². The summed E-state index contributed by atoms with van der Waals surface area (Å²) < 4.78 is 4.78. The number of carbonyl (C=O) groups is 2. The van der Waals surface area contributed by atoms with Gasteiger partial charge in [-0.1, -0.05) is 0 Å². The number of hydrogen-bond acceptors (Lipinski definition) is 3. The topological polar surface area (TPSA) is 43.4 Å². The van der Waals surface area contributed by atoms with Crippen LogP contribution in [0.2, 0.25) is 0 Å². The third-order valence-corrected chi connectivity index (χ3v) is 3.86. The van der Waals surface area contributed by atoms with Gasteiger partial charge in [0.1, 0.15) is 5.78 Å². The minimum atomic E-state index is -0.183. The highest BCUT2D eigenvalue weighted by atomic mass is 16.5. The molecule has 0 unspecified atom stereocenters. The van der Waals surface area contributed by atoms with E-state index in [-0.39, 0.29) is 23.6 Å². The van der Waals surface area contributed by atoms with Gasteiger partial charge in [0.2, 0.25) is 0 Å². The summed E-state index contributed by atoms with van der Waals surface area (Å²) >= 11 is 0. The predicted molar refractivity (Wildman–Crippen MR) is 50.5 cm³/mol. The molecule has 0 aromatic rings. The summed E-state index contributed by atoms with van der Waals surface area (Å²) in [6.45, 7) is 1.60. The van der Waals surface area contributed by atoms with E-state index in [1.54, 1.807) is 6.92 Å². The quantitative estimate of drug-likeness (QED) is 0.627. The van der Waals surface area contributed by atoms with Crippen LogP contribution in [0.1, 0.15) is 26.2 Å². The van der Waals surface area contributed by atoms with Gasteiger partial charge in [0, 0.05) is 5.92 Å². The van der Waals surface area contributed by atoms with Crippen molar-refractivity contribution in [2.45, 2.75) is 26.2 Å². The van der Waals surface area contributed by atoms with Crippen molar-refractivity contribution in [3.63, 3.8) is 0 Å². The van der Waals surface area contributed by atoms with Crippen molar-refractivity contribution >= 4 is 11.8 Å². The molecule has 3 nitrogen and oxygen atoms in total. The van der Waals surface area contributed by atoms with Gasteiger partial charge in [-0.15, -0.1) is 0 Å². The van der Waals surface area contributed by atoms with Crippen LogP contribution in [0.3, 0.4) is 0 Å². The number of fused-ring (bicyclic) bond motifs is 2. The van der Waals surface area contributed by atoms with Gasteiger partial charge in [0.05, 0.1) is 13.0 Å². The first-order valence-electron chi connectivity index (χ1n) is 5.23. The Morgan fingerprint density at radius 2 is 1.71 bits per heavy atom. The number of Topliss-reactive ketones (excluding diaryl/α,β-unsaturated/α-hetero) is 1. The molecule has 14 heavy (non-hydrogen) atoms. The summed E-state index contributed by atoms with van der Waals surface area (Å²) in [6, 6.07) is 0. The Labute approximate surface area is 83.8 Å². The highest BCUT2D eigenvalue weighted by molar-refractivity contribution is 5.86. The second kappa shape index (κ2) is 3.37. The lowest BCUT2D eigenvalue weighted by molar-refractivity contribution is -0.151. The van der Waals surface area contributed by atoms with E-state index < -0.39 is 0 Å². The van der Waals surface area contributed by atoms with E-state index in [1.165, 1.54) is 7.11 Å². The number of carbonyl (C=O) groups excluding carboxylic acids is 2. The Hall–Kier alpha value is -0.860. The molecule has 0 amide bonds. The van der Waals surface area contributed by atoms with E-state index >= 15 is 0 Å². The molecule has 0 aliphatic heterocycles. The molecule has 78 valence electrons. The summed E-state index contributed by atoms with van der Waals surface area (Å²) in [7, 11) is 1.41. The van der Waals surface area contributed by atoms with Crippen LogP contribution in [0.25, 0.3) is 0 Å². The summed E-state index contributed by atoms with van der Waals surface area (Å²) in [6.07, 6.45) is 3.25. The fraction of sp³-hybridized carbons (Fsp3) is 0.818. The Balaban J connectivity index is 2.21. The minimum absolute atomic E-state index is 0.0544. The molecule has 2 aliphatic rings. The fourth-order valence-electron chi connectivity index (χ4n) is 3.35. The van der Waals surface area contributed by atoms with Crippen molar-refractivity contribution < 1.29 is 14.3 Å². The maximum absolute atomic E-state index is 11.5. The van der Waals surface area contributed by atoms with E-state index in [9.17, 15) is 9.59 Å². The first-order valence-corrected chi connectivity index (χ1v) is 5.23. The standard InChI is InChI=1S/C11H16O3/c1-6(12)9-7-3-4-8(5-7)10(9)11(13)14-2/h7-10H,3-5H2,1-2H3/t7-,8+,9-,10+/m0/s1. The van der Waals surface area contributed by atoms with E-state index in [2.05, 4.69) is 0 Å². The zero-order valence-corrected chi connectivity index (χ0v) is 8.66. The molecular weight excluding hydrogens is 180 g/mol. The van der Waals surface area contributed by atoms with Crippen LogP contribution in [-0.2, 0) is 14.3 Å². The van der Waals surface area contributed by atoms with Crippen LogP contribution in [-0.4, -0.2) is 18.9 Å². The third-order valence-electron chi connectivity index (χ3n) is 3.86. The molecule has 0 saturated heterocycles. The van der Waals surface area contributed by atoms with Crippen molar-refractivity contribution in [3.05, 3.63) is 0 Å². The number of hydrogen-bond donors (Lipinski definition) is 0. The molecule has 0 radical (unpaired) electrons. The van der Waals surface area contributed by atoms with Gasteiger partial charge in [-0.25, -0.2) is 0 Å². The molecule has 2 aliphatic carbocycles. The van der Waals surface area contributed by atoms with Crippen LogP contribution in [0.5, 0.6) is 0 Å². The lowest BCUT2D eigenvalue weighted by Crippen LogP contribution is -2.34. The van der Waals surface area contributed by atoms with Gasteiger partial charge in [-0.05, 0) is 38.0 Å². The Morgan fingerprint density at radius 3 is 2.21 bits per heavy atom. The minimum Gasteiger partial charge on any atom is -0.469 e. The molecule has 0 aromatic carbocycles.